The lowest BCUT2D eigenvalue weighted by Gasteiger charge is -2.40. The maximum atomic E-state index is 11.7. The van der Waals surface area contributed by atoms with Gasteiger partial charge < -0.3 is 9.84 Å². The Hall–Kier alpha value is -0.610. The van der Waals surface area contributed by atoms with Crippen molar-refractivity contribution in [3.8, 4) is 0 Å². The summed E-state index contributed by atoms with van der Waals surface area (Å²) in [7, 11) is 1.38. The Morgan fingerprint density at radius 2 is 2.31 bits per heavy atom. The van der Waals surface area contributed by atoms with Gasteiger partial charge in [0.25, 0.3) is 0 Å². The van der Waals surface area contributed by atoms with Crippen LogP contribution >= 0.6 is 0 Å². The number of nitrogens with zero attached hydrogens (tertiary/aromatic N) is 1. The van der Waals surface area contributed by atoms with E-state index in [0.29, 0.717) is 12.5 Å². The summed E-state index contributed by atoms with van der Waals surface area (Å²) in [5.74, 6) is -0.310. The summed E-state index contributed by atoms with van der Waals surface area (Å²) in [5, 5.41) is 9.92. The predicted molar refractivity (Wildman–Crippen MR) is 62.1 cm³/mol. The number of aliphatic hydroxyl groups is 1. The Bertz CT molecular complexity index is 232. The molecule has 16 heavy (non-hydrogen) atoms. The molecule has 0 unspecified atom stereocenters. The van der Waals surface area contributed by atoms with E-state index in [-0.39, 0.29) is 5.97 Å². The minimum atomic E-state index is -0.583. The second-order valence-electron chi connectivity index (χ2n) is 4.55. The van der Waals surface area contributed by atoms with Crippen molar-refractivity contribution in [3.63, 3.8) is 0 Å². The maximum Gasteiger partial charge on any atom is 0.325 e. The van der Waals surface area contributed by atoms with E-state index in [9.17, 15) is 9.90 Å². The first-order valence-electron chi connectivity index (χ1n) is 6.13. The number of aliphatic hydroxyl groups excluding tert-OH is 1. The van der Waals surface area contributed by atoms with Crippen molar-refractivity contribution >= 4 is 5.97 Å². The van der Waals surface area contributed by atoms with E-state index in [2.05, 4.69) is 18.7 Å². The largest absolute Gasteiger partial charge is 0.468 e. The highest BCUT2D eigenvalue weighted by molar-refractivity contribution is 5.76. The van der Waals surface area contributed by atoms with Crippen molar-refractivity contribution in [2.24, 2.45) is 0 Å². The minimum Gasteiger partial charge on any atom is -0.468 e. The van der Waals surface area contributed by atoms with E-state index in [1.54, 1.807) is 0 Å². The van der Waals surface area contributed by atoms with Gasteiger partial charge in [-0.1, -0.05) is 13.3 Å². The third-order valence-electron chi connectivity index (χ3n) is 3.35. The lowest BCUT2D eigenvalue weighted by molar-refractivity contribution is -0.155. The maximum absolute atomic E-state index is 11.7. The van der Waals surface area contributed by atoms with E-state index in [1.165, 1.54) is 7.11 Å². The molecular formula is C12H23NO3. The zero-order valence-corrected chi connectivity index (χ0v) is 10.5. The molecule has 1 N–H and O–H groups in total. The molecule has 1 heterocycles. The second kappa shape index (κ2) is 6.21. The molecule has 1 rings (SSSR count). The van der Waals surface area contributed by atoms with Crippen LogP contribution in [0.5, 0.6) is 0 Å². The van der Waals surface area contributed by atoms with Gasteiger partial charge in [-0.2, -0.15) is 0 Å². The molecule has 0 spiro atoms. The van der Waals surface area contributed by atoms with Crippen LogP contribution in [0.25, 0.3) is 0 Å². The summed E-state index contributed by atoms with van der Waals surface area (Å²) >= 11 is 0. The molecule has 0 saturated carbocycles. The van der Waals surface area contributed by atoms with E-state index in [1.807, 2.05) is 0 Å². The van der Waals surface area contributed by atoms with Crippen molar-refractivity contribution in [1.29, 1.82) is 0 Å². The van der Waals surface area contributed by atoms with Crippen LogP contribution < -0.4 is 0 Å². The molecule has 1 aliphatic heterocycles. The Morgan fingerprint density at radius 3 is 2.88 bits per heavy atom. The predicted octanol–water partition coefficient (Wildman–Crippen LogP) is 1.17. The van der Waals surface area contributed by atoms with Gasteiger partial charge in [0.05, 0.1) is 13.2 Å². The Morgan fingerprint density at radius 1 is 1.62 bits per heavy atom. The first-order valence-corrected chi connectivity index (χ1v) is 6.13. The summed E-state index contributed by atoms with van der Waals surface area (Å²) in [6, 6.07) is -0.149. The van der Waals surface area contributed by atoms with Crippen molar-refractivity contribution in [2.75, 3.05) is 13.7 Å². The van der Waals surface area contributed by atoms with Crippen LogP contribution in [-0.2, 0) is 9.53 Å². The Kier molecular flexibility index (Phi) is 5.22. The van der Waals surface area contributed by atoms with Crippen LogP contribution in [0.1, 0.15) is 39.5 Å². The van der Waals surface area contributed by atoms with Gasteiger partial charge >= 0.3 is 5.97 Å². The summed E-state index contributed by atoms with van der Waals surface area (Å²) in [6.45, 7) is 5.11. The minimum absolute atomic E-state index is 0.310. The number of carbonyl (C=O) groups excluding carboxylic acids is 1. The van der Waals surface area contributed by atoms with Gasteiger partial charge in [-0.3, -0.25) is 9.69 Å². The smallest absolute Gasteiger partial charge is 0.325 e. The molecule has 94 valence electrons. The number of carbonyl (C=O) groups is 1. The molecule has 1 fully saturated rings. The number of ether oxygens (including phenoxy) is 1. The molecule has 3 atom stereocenters. The van der Waals surface area contributed by atoms with E-state index in [4.69, 9.17) is 4.74 Å². The van der Waals surface area contributed by atoms with Crippen LogP contribution in [-0.4, -0.2) is 47.8 Å². The third kappa shape index (κ3) is 2.95. The molecule has 0 aliphatic carbocycles. The fourth-order valence-electron chi connectivity index (χ4n) is 2.49. The van der Waals surface area contributed by atoms with Crippen molar-refractivity contribution < 1.29 is 14.6 Å². The average molecular weight is 229 g/mol. The second-order valence-corrected chi connectivity index (χ2v) is 4.55. The molecular weight excluding hydrogens is 206 g/mol. The molecule has 0 radical (unpaired) electrons. The highest BCUT2D eigenvalue weighted by Gasteiger charge is 2.38. The standard InChI is InChI=1S/C12H23NO3/c1-4-6-9(2)13-8-5-7-10(14)11(13)12(15)16-3/h9-11,14H,4-8H2,1-3H3/t9-,10-,11-/m0/s1. The van der Waals surface area contributed by atoms with E-state index < -0.39 is 12.1 Å². The quantitative estimate of drug-likeness (QED) is 0.735. The molecule has 1 aliphatic rings. The fraction of sp³-hybridized carbons (Fsp3) is 0.917. The zero-order valence-electron chi connectivity index (χ0n) is 10.5. The SMILES string of the molecule is CCC[C@H](C)N1CCC[C@H](O)[C@H]1C(=O)OC. The van der Waals surface area contributed by atoms with Gasteiger partial charge in [0.15, 0.2) is 0 Å². The Balaban J connectivity index is 2.73. The summed E-state index contributed by atoms with van der Waals surface area (Å²) < 4.78 is 4.78. The number of rotatable bonds is 4. The normalized spacial score (nSPS) is 28.8. The summed E-state index contributed by atoms with van der Waals surface area (Å²) in [5.41, 5.74) is 0. The molecule has 1 saturated heterocycles. The number of hydrogen-bond donors (Lipinski definition) is 1. The van der Waals surface area contributed by atoms with Gasteiger partial charge in [-0.05, 0) is 32.7 Å². The molecule has 0 amide bonds. The van der Waals surface area contributed by atoms with Crippen LogP contribution in [0, 0.1) is 0 Å². The molecule has 0 aromatic rings. The number of esters is 1. The zero-order chi connectivity index (χ0) is 12.1. The van der Waals surface area contributed by atoms with Gasteiger partial charge in [0, 0.05) is 6.04 Å². The lowest BCUT2D eigenvalue weighted by Crippen LogP contribution is -2.56. The molecule has 4 nitrogen and oxygen atoms in total. The van der Waals surface area contributed by atoms with Crippen LogP contribution in [0.2, 0.25) is 0 Å². The van der Waals surface area contributed by atoms with Crippen molar-refractivity contribution in [2.45, 2.75) is 57.7 Å². The van der Waals surface area contributed by atoms with Crippen LogP contribution in [0.4, 0.5) is 0 Å². The highest BCUT2D eigenvalue weighted by Crippen LogP contribution is 2.23. The molecule has 0 aromatic carbocycles. The Labute approximate surface area is 97.6 Å². The van der Waals surface area contributed by atoms with Gasteiger partial charge in [-0.25, -0.2) is 0 Å². The van der Waals surface area contributed by atoms with E-state index >= 15 is 0 Å². The molecule has 0 bridgehead atoms. The molecule has 4 heteroatoms. The summed E-state index contributed by atoms with van der Waals surface area (Å²) in [6.07, 6.45) is 3.18. The average Bonchev–Trinajstić information content (AvgIpc) is 2.28. The monoisotopic (exact) mass is 229 g/mol. The topological polar surface area (TPSA) is 49.8 Å². The molecule has 0 aromatic heterocycles. The van der Waals surface area contributed by atoms with Crippen molar-refractivity contribution in [3.05, 3.63) is 0 Å². The first kappa shape index (κ1) is 13.5. The number of likely N-dealkylation sites (tertiary alicyclic amines) is 1. The first-order chi connectivity index (χ1) is 7.61. The highest BCUT2D eigenvalue weighted by atomic mass is 16.5. The number of methoxy groups -OCH3 is 1. The number of piperidine rings is 1. The lowest BCUT2D eigenvalue weighted by atomic mass is 9.96. The van der Waals surface area contributed by atoms with Gasteiger partial charge in [-0.15, -0.1) is 0 Å². The van der Waals surface area contributed by atoms with Crippen molar-refractivity contribution in [1.82, 2.24) is 4.90 Å². The van der Waals surface area contributed by atoms with Crippen LogP contribution in [0.15, 0.2) is 0 Å². The van der Waals surface area contributed by atoms with Gasteiger partial charge in [0.2, 0.25) is 0 Å². The fourth-order valence-corrected chi connectivity index (χ4v) is 2.49. The van der Waals surface area contributed by atoms with Gasteiger partial charge in [0.1, 0.15) is 6.04 Å². The number of hydrogen-bond acceptors (Lipinski definition) is 4. The summed E-state index contributed by atoms with van der Waals surface area (Å²) in [4.78, 5) is 13.8. The third-order valence-corrected chi connectivity index (χ3v) is 3.35. The van der Waals surface area contributed by atoms with Crippen LogP contribution in [0.3, 0.4) is 0 Å². The van der Waals surface area contributed by atoms with E-state index in [0.717, 1.165) is 25.8 Å².